The second-order valence-electron chi connectivity index (χ2n) is 7.65. The van der Waals surface area contributed by atoms with Crippen molar-refractivity contribution in [3.8, 4) is 0 Å². The predicted octanol–water partition coefficient (Wildman–Crippen LogP) is 3.38. The molecule has 0 saturated heterocycles. The molecule has 126 valence electrons. The summed E-state index contributed by atoms with van der Waals surface area (Å²) in [5.74, 6) is 1.22. The van der Waals surface area contributed by atoms with Gasteiger partial charge < -0.3 is 5.32 Å². The summed E-state index contributed by atoms with van der Waals surface area (Å²) in [6, 6.07) is 9.23. The quantitative estimate of drug-likeness (QED) is 0.873. The van der Waals surface area contributed by atoms with Crippen molar-refractivity contribution < 1.29 is 4.79 Å². The topological polar surface area (TPSA) is 32.3 Å². The molecule has 1 atom stereocenters. The van der Waals surface area contributed by atoms with Gasteiger partial charge in [0.25, 0.3) is 0 Å². The van der Waals surface area contributed by atoms with E-state index < -0.39 is 0 Å². The van der Waals surface area contributed by atoms with Crippen LogP contribution in [0.2, 0.25) is 0 Å². The fraction of sp³-hybridized carbons (Fsp3) is 0.650. The van der Waals surface area contributed by atoms with Gasteiger partial charge >= 0.3 is 0 Å². The molecule has 0 radical (unpaired) electrons. The number of hydrogen-bond donors (Lipinski definition) is 1. The third-order valence-electron chi connectivity index (χ3n) is 5.41. The maximum absolute atomic E-state index is 12.2. The molecule has 3 nitrogen and oxygen atoms in total. The van der Waals surface area contributed by atoms with E-state index in [-0.39, 0.29) is 11.8 Å². The Bertz CT molecular complexity index is 536. The van der Waals surface area contributed by atoms with Crippen LogP contribution in [0.3, 0.4) is 0 Å². The maximum atomic E-state index is 12.2. The van der Waals surface area contributed by atoms with E-state index in [1.54, 1.807) is 0 Å². The SMILES string of the molecule is CC(C)CC(CNC(=O)C1CCC1)N1CCc2ccccc2C1. The summed E-state index contributed by atoms with van der Waals surface area (Å²) < 4.78 is 0. The minimum atomic E-state index is 0.280. The average Bonchev–Trinajstić information content (AvgIpc) is 2.49. The molecule has 1 unspecified atom stereocenters. The Balaban J connectivity index is 1.61. The monoisotopic (exact) mass is 314 g/mol. The van der Waals surface area contributed by atoms with Gasteiger partial charge in [-0.1, -0.05) is 44.5 Å². The van der Waals surface area contributed by atoms with E-state index >= 15 is 0 Å². The molecule has 0 aromatic heterocycles. The van der Waals surface area contributed by atoms with Crippen LogP contribution < -0.4 is 5.32 Å². The van der Waals surface area contributed by atoms with Crippen molar-refractivity contribution in [3.05, 3.63) is 35.4 Å². The summed E-state index contributed by atoms with van der Waals surface area (Å²) >= 11 is 0. The van der Waals surface area contributed by atoms with E-state index in [4.69, 9.17) is 0 Å². The molecule has 1 heterocycles. The third-order valence-corrected chi connectivity index (χ3v) is 5.41. The highest BCUT2D eigenvalue weighted by atomic mass is 16.1. The van der Waals surface area contributed by atoms with Crippen molar-refractivity contribution in [1.29, 1.82) is 0 Å². The van der Waals surface area contributed by atoms with Crippen LogP contribution in [0.15, 0.2) is 24.3 Å². The number of benzene rings is 1. The highest BCUT2D eigenvalue weighted by Gasteiger charge is 2.28. The first-order valence-electron chi connectivity index (χ1n) is 9.22. The Morgan fingerprint density at radius 2 is 2.00 bits per heavy atom. The zero-order valence-corrected chi connectivity index (χ0v) is 14.6. The predicted molar refractivity (Wildman–Crippen MR) is 94.1 cm³/mol. The van der Waals surface area contributed by atoms with E-state index in [1.807, 2.05) is 0 Å². The van der Waals surface area contributed by atoms with Crippen molar-refractivity contribution in [2.75, 3.05) is 13.1 Å². The molecule has 0 spiro atoms. The van der Waals surface area contributed by atoms with Gasteiger partial charge in [0.1, 0.15) is 0 Å². The number of nitrogens with zero attached hydrogens (tertiary/aromatic N) is 1. The van der Waals surface area contributed by atoms with Crippen LogP contribution in [-0.4, -0.2) is 29.9 Å². The molecule has 1 saturated carbocycles. The van der Waals surface area contributed by atoms with Crippen molar-refractivity contribution in [3.63, 3.8) is 0 Å². The lowest BCUT2D eigenvalue weighted by Gasteiger charge is -2.37. The van der Waals surface area contributed by atoms with Crippen molar-refractivity contribution in [2.24, 2.45) is 11.8 Å². The Morgan fingerprint density at radius 3 is 2.65 bits per heavy atom. The van der Waals surface area contributed by atoms with E-state index in [2.05, 4.69) is 48.3 Å². The first kappa shape index (κ1) is 16.5. The van der Waals surface area contributed by atoms with Gasteiger partial charge in [-0.25, -0.2) is 0 Å². The molecule has 1 amide bonds. The van der Waals surface area contributed by atoms with E-state index in [0.717, 1.165) is 45.3 Å². The first-order valence-corrected chi connectivity index (χ1v) is 9.22. The minimum Gasteiger partial charge on any atom is -0.354 e. The van der Waals surface area contributed by atoms with Crippen molar-refractivity contribution >= 4 is 5.91 Å². The highest BCUT2D eigenvalue weighted by molar-refractivity contribution is 5.79. The van der Waals surface area contributed by atoms with E-state index in [0.29, 0.717) is 12.0 Å². The fourth-order valence-electron chi connectivity index (χ4n) is 3.77. The number of rotatable bonds is 6. The standard InChI is InChI=1S/C20H30N2O/c1-15(2)12-19(13-21-20(23)17-8-5-9-17)22-11-10-16-6-3-4-7-18(16)14-22/h3-4,6-7,15,17,19H,5,8-14H2,1-2H3,(H,21,23). The van der Waals surface area contributed by atoms with Crippen LogP contribution in [0.25, 0.3) is 0 Å². The molecule has 0 bridgehead atoms. The smallest absolute Gasteiger partial charge is 0.223 e. The number of hydrogen-bond acceptors (Lipinski definition) is 2. The molecule has 1 N–H and O–H groups in total. The van der Waals surface area contributed by atoms with E-state index in [1.165, 1.54) is 17.5 Å². The number of fused-ring (bicyclic) bond motifs is 1. The highest BCUT2D eigenvalue weighted by Crippen LogP contribution is 2.27. The van der Waals surface area contributed by atoms with Crippen molar-refractivity contribution in [2.45, 2.75) is 58.5 Å². The van der Waals surface area contributed by atoms with Crippen LogP contribution in [0.4, 0.5) is 0 Å². The van der Waals surface area contributed by atoms with Gasteiger partial charge in [-0.05, 0) is 42.7 Å². The fourth-order valence-corrected chi connectivity index (χ4v) is 3.77. The summed E-state index contributed by atoms with van der Waals surface area (Å²) in [5.41, 5.74) is 2.95. The summed E-state index contributed by atoms with van der Waals surface area (Å²) in [4.78, 5) is 14.7. The molecule has 3 rings (SSSR count). The average molecular weight is 314 g/mol. The maximum Gasteiger partial charge on any atom is 0.223 e. The molecular formula is C20H30N2O. The van der Waals surface area contributed by atoms with Gasteiger partial charge in [-0.2, -0.15) is 0 Å². The Hall–Kier alpha value is -1.35. The summed E-state index contributed by atoms with van der Waals surface area (Å²) in [7, 11) is 0. The molecule has 1 aromatic rings. The van der Waals surface area contributed by atoms with Crippen molar-refractivity contribution in [1.82, 2.24) is 10.2 Å². The number of amides is 1. The molecular weight excluding hydrogens is 284 g/mol. The lowest BCUT2D eigenvalue weighted by atomic mass is 9.84. The van der Waals surface area contributed by atoms with Gasteiger partial charge in [-0.15, -0.1) is 0 Å². The van der Waals surface area contributed by atoms with Gasteiger partial charge in [0.15, 0.2) is 0 Å². The Labute approximate surface area is 140 Å². The summed E-state index contributed by atoms with van der Waals surface area (Å²) in [6.45, 7) is 7.48. The van der Waals surface area contributed by atoms with E-state index in [9.17, 15) is 4.79 Å². The van der Waals surface area contributed by atoms with Gasteiger partial charge in [-0.3, -0.25) is 9.69 Å². The van der Waals surface area contributed by atoms with Crippen LogP contribution in [0.5, 0.6) is 0 Å². The molecule has 1 fully saturated rings. The molecule has 3 heteroatoms. The van der Waals surface area contributed by atoms with Gasteiger partial charge in [0, 0.05) is 31.6 Å². The van der Waals surface area contributed by atoms with Gasteiger partial charge in [0.2, 0.25) is 5.91 Å². The Morgan fingerprint density at radius 1 is 1.26 bits per heavy atom. The zero-order chi connectivity index (χ0) is 16.2. The van der Waals surface area contributed by atoms with Crippen LogP contribution in [0.1, 0.15) is 50.7 Å². The lowest BCUT2D eigenvalue weighted by Crippen LogP contribution is -2.48. The van der Waals surface area contributed by atoms with Crippen LogP contribution in [0, 0.1) is 11.8 Å². The Kier molecular flexibility index (Phi) is 5.37. The second-order valence-corrected chi connectivity index (χ2v) is 7.65. The molecule has 1 aromatic carbocycles. The zero-order valence-electron chi connectivity index (χ0n) is 14.6. The molecule has 1 aliphatic carbocycles. The van der Waals surface area contributed by atoms with Gasteiger partial charge in [0.05, 0.1) is 0 Å². The molecule has 23 heavy (non-hydrogen) atoms. The van der Waals surface area contributed by atoms with Crippen LogP contribution >= 0.6 is 0 Å². The number of carbonyl (C=O) groups is 1. The first-order chi connectivity index (χ1) is 11.1. The van der Waals surface area contributed by atoms with Crippen LogP contribution in [-0.2, 0) is 17.8 Å². The second kappa shape index (κ2) is 7.48. The number of carbonyl (C=O) groups excluding carboxylic acids is 1. The minimum absolute atomic E-state index is 0.280. The largest absolute Gasteiger partial charge is 0.354 e. The summed E-state index contributed by atoms with van der Waals surface area (Å²) in [5, 5.41) is 3.23. The summed E-state index contributed by atoms with van der Waals surface area (Å²) in [6.07, 6.45) is 5.65. The normalized spacial score (nSPS) is 20.0. The third kappa shape index (κ3) is 4.14. The molecule has 1 aliphatic heterocycles. The molecule has 2 aliphatic rings. The number of nitrogens with one attached hydrogen (secondary N) is 1. The lowest BCUT2D eigenvalue weighted by molar-refractivity contribution is -0.127.